The van der Waals surface area contributed by atoms with Crippen LogP contribution in [0.15, 0.2) is 28.8 Å². The molecule has 1 aromatic heterocycles. The van der Waals surface area contributed by atoms with Gasteiger partial charge in [-0.3, -0.25) is 0 Å². The third-order valence-corrected chi connectivity index (χ3v) is 6.46. The highest BCUT2D eigenvalue weighted by atomic mass is 19.4. The van der Waals surface area contributed by atoms with E-state index in [1.54, 1.807) is 12.1 Å². The Hall–Kier alpha value is -2.06. The van der Waals surface area contributed by atoms with E-state index >= 15 is 0 Å². The first-order valence-corrected chi connectivity index (χ1v) is 10.6. The standard InChI is InChI=1S/C22H25F3N2O3/c1-12-8-14-9-15(10-18(12)26-14)28-11-17-20(27-30-21(17)13-6-7-13)16-4-2-3-5-19(16)29-22(23,24)25/h2-5,12-15,18,26H,6-11H2,1H3/t12-,14?,15?,18?/m1/s1. The summed E-state index contributed by atoms with van der Waals surface area (Å²) < 4.78 is 54.8. The van der Waals surface area contributed by atoms with Crippen molar-refractivity contribution in [2.24, 2.45) is 5.92 Å². The summed E-state index contributed by atoms with van der Waals surface area (Å²) in [7, 11) is 0. The predicted molar refractivity (Wildman–Crippen MR) is 103 cm³/mol. The predicted octanol–water partition coefficient (Wildman–Crippen LogP) is 5.16. The number of piperidine rings is 1. The highest BCUT2D eigenvalue weighted by Crippen LogP contribution is 2.46. The lowest BCUT2D eigenvalue weighted by Crippen LogP contribution is -2.42. The number of nitrogens with one attached hydrogen (secondary N) is 1. The number of fused-ring (bicyclic) bond motifs is 2. The van der Waals surface area contributed by atoms with Gasteiger partial charge in [0.05, 0.1) is 12.7 Å². The lowest BCUT2D eigenvalue weighted by atomic mass is 9.99. The first-order chi connectivity index (χ1) is 14.4. The summed E-state index contributed by atoms with van der Waals surface area (Å²) in [5, 5.41) is 7.78. The molecule has 1 N–H and O–H groups in total. The maximum atomic E-state index is 12.9. The number of para-hydroxylation sites is 1. The summed E-state index contributed by atoms with van der Waals surface area (Å²) in [6.45, 7) is 2.55. The number of alkyl halides is 3. The summed E-state index contributed by atoms with van der Waals surface area (Å²) in [6.07, 6.45) is 0.412. The molecule has 8 heteroatoms. The van der Waals surface area contributed by atoms with Gasteiger partial charge in [-0.15, -0.1) is 13.2 Å². The minimum atomic E-state index is -4.78. The van der Waals surface area contributed by atoms with E-state index in [0.717, 1.165) is 37.0 Å². The minimum Gasteiger partial charge on any atom is -0.405 e. The van der Waals surface area contributed by atoms with Gasteiger partial charge in [0, 0.05) is 29.1 Å². The molecule has 2 aromatic rings. The lowest BCUT2D eigenvalue weighted by molar-refractivity contribution is -0.274. The second-order valence-electron chi connectivity index (χ2n) is 8.78. The minimum absolute atomic E-state index is 0.127. The zero-order chi connectivity index (χ0) is 20.9. The summed E-state index contributed by atoms with van der Waals surface area (Å²) in [5.74, 6) is 1.36. The van der Waals surface area contributed by atoms with Gasteiger partial charge >= 0.3 is 6.36 Å². The average molecular weight is 422 g/mol. The molecule has 1 saturated carbocycles. The Balaban J connectivity index is 1.40. The molecule has 3 heterocycles. The van der Waals surface area contributed by atoms with Crippen LogP contribution in [0.1, 0.15) is 56.3 Å². The fourth-order valence-electron chi connectivity index (χ4n) is 4.86. The van der Waals surface area contributed by atoms with Crippen LogP contribution < -0.4 is 10.1 Å². The molecule has 0 spiro atoms. The van der Waals surface area contributed by atoms with Crippen LogP contribution in [0.3, 0.4) is 0 Å². The van der Waals surface area contributed by atoms with Crippen molar-refractivity contribution in [1.82, 2.24) is 10.5 Å². The quantitative estimate of drug-likeness (QED) is 0.697. The average Bonchev–Trinajstić information content (AvgIpc) is 3.39. The fourth-order valence-corrected chi connectivity index (χ4v) is 4.86. The Kier molecular flexibility index (Phi) is 5.01. The number of rotatable bonds is 6. The van der Waals surface area contributed by atoms with Crippen LogP contribution in [0.4, 0.5) is 13.2 Å². The van der Waals surface area contributed by atoms with Crippen LogP contribution >= 0.6 is 0 Å². The summed E-state index contributed by atoms with van der Waals surface area (Å²) in [5.41, 5.74) is 1.39. The van der Waals surface area contributed by atoms with E-state index < -0.39 is 6.36 Å². The number of hydrogen-bond donors (Lipinski definition) is 1. The van der Waals surface area contributed by atoms with Gasteiger partial charge in [0.15, 0.2) is 0 Å². The Morgan fingerprint density at radius 2 is 1.97 bits per heavy atom. The van der Waals surface area contributed by atoms with E-state index in [9.17, 15) is 13.2 Å². The van der Waals surface area contributed by atoms with E-state index in [0.29, 0.717) is 23.7 Å². The van der Waals surface area contributed by atoms with Crippen LogP contribution in [0.25, 0.3) is 11.3 Å². The molecule has 3 aliphatic rings. The number of benzene rings is 1. The molecule has 1 aliphatic carbocycles. The lowest BCUT2D eigenvalue weighted by Gasteiger charge is -2.29. The molecule has 3 unspecified atom stereocenters. The molecule has 1 aromatic carbocycles. The van der Waals surface area contributed by atoms with Crippen molar-refractivity contribution in [1.29, 1.82) is 0 Å². The normalized spacial score (nSPS) is 28.7. The van der Waals surface area contributed by atoms with E-state index in [1.807, 2.05) is 0 Å². The van der Waals surface area contributed by atoms with E-state index in [-0.39, 0.29) is 29.9 Å². The number of aromatic nitrogens is 1. The highest BCUT2D eigenvalue weighted by Gasteiger charge is 2.40. The van der Waals surface area contributed by atoms with Crippen molar-refractivity contribution in [3.05, 3.63) is 35.6 Å². The van der Waals surface area contributed by atoms with E-state index in [1.165, 1.54) is 18.6 Å². The maximum absolute atomic E-state index is 12.9. The summed E-state index contributed by atoms with van der Waals surface area (Å²) >= 11 is 0. The largest absolute Gasteiger partial charge is 0.573 e. The third-order valence-electron chi connectivity index (χ3n) is 6.46. The van der Waals surface area contributed by atoms with Crippen molar-refractivity contribution in [3.8, 4) is 17.0 Å². The van der Waals surface area contributed by atoms with E-state index in [4.69, 9.17) is 9.26 Å². The van der Waals surface area contributed by atoms with Crippen molar-refractivity contribution in [2.75, 3.05) is 0 Å². The molecule has 4 atom stereocenters. The first kappa shape index (κ1) is 19.9. The Morgan fingerprint density at radius 1 is 1.17 bits per heavy atom. The van der Waals surface area contributed by atoms with Gasteiger partial charge in [-0.2, -0.15) is 0 Å². The van der Waals surface area contributed by atoms with Crippen molar-refractivity contribution in [3.63, 3.8) is 0 Å². The summed E-state index contributed by atoms with van der Waals surface area (Å²) in [4.78, 5) is 0. The molecule has 2 saturated heterocycles. The SMILES string of the molecule is C[C@@H]1CC2CC(OCc3c(-c4ccccc4OC(F)(F)F)noc3C3CC3)CC1N2. The van der Waals surface area contributed by atoms with Crippen LogP contribution in [-0.2, 0) is 11.3 Å². The Labute approximate surface area is 172 Å². The molecule has 30 heavy (non-hydrogen) atoms. The van der Waals surface area contributed by atoms with Gasteiger partial charge < -0.3 is 19.3 Å². The third kappa shape index (κ3) is 4.07. The van der Waals surface area contributed by atoms with Gasteiger partial charge in [0.2, 0.25) is 0 Å². The van der Waals surface area contributed by atoms with Gasteiger partial charge in [0.25, 0.3) is 0 Å². The zero-order valence-electron chi connectivity index (χ0n) is 16.7. The number of hydrogen-bond acceptors (Lipinski definition) is 5. The van der Waals surface area contributed by atoms with Crippen molar-refractivity contribution in [2.45, 2.75) is 76.1 Å². The fraction of sp³-hybridized carbons (Fsp3) is 0.591. The van der Waals surface area contributed by atoms with Crippen LogP contribution in [-0.4, -0.2) is 29.7 Å². The first-order valence-electron chi connectivity index (χ1n) is 10.6. The monoisotopic (exact) mass is 422 g/mol. The van der Waals surface area contributed by atoms with Gasteiger partial charge in [-0.1, -0.05) is 24.2 Å². The highest BCUT2D eigenvalue weighted by molar-refractivity contribution is 5.70. The van der Waals surface area contributed by atoms with Gasteiger partial charge in [0.1, 0.15) is 17.2 Å². The molecule has 5 rings (SSSR count). The van der Waals surface area contributed by atoms with E-state index in [2.05, 4.69) is 22.1 Å². The van der Waals surface area contributed by atoms with Gasteiger partial charge in [-0.05, 0) is 50.2 Å². The number of nitrogens with zero attached hydrogens (tertiary/aromatic N) is 1. The second kappa shape index (κ2) is 7.57. The van der Waals surface area contributed by atoms with Crippen molar-refractivity contribution >= 4 is 0 Å². The second-order valence-corrected chi connectivity index (χ2v) is 8.78. The van der Waals surface area contributed by atoms with Crippen LogP contribution in [0, 0.1) is 5.92 Å². The van der Waals surface area contributed by atoms with Gasteiger partial charge in [-0.25, -0.2) is 0 Å². The molecule has 5 nitrogen and oxygen atoms in total. The molecule has 2 bridgehead atoms. The molecular weight excluding hydrogens is 397 g/mol. The van der Waals surface area contributed by atoms with Crippen LogP contribution in [0.2, 0.25) is 0 Å². The molecule has 0 amide bonds. The molecule has 0 radical (unpaired) electrons. The number of halogens is 3. The topological polar surface area (TPSA) is 56.5 Å². The smallest absolute Gasteiger partial charge is 0.405 e. The zero-order valence-corrected chi connectivity index (χ0v) is 16.7. The number of ether oxygens (including phenoxy) is 2. The Bertz CT molecular complexity index is 907. The van der Waals surface area contributed by atoms with Crippen LogP contribution in [0.5, 0.6) is 5.75 Å². The molecule has 3 fully saturated rings. The molecule has 162 valence electrons. The molecular formula is C22H25F3N2O3. The van der Waals surface area contributed by atoms with Crippen molar-refractivity contribution < 1.29 is 27.2 Å². The maximum Gasteiger partial charge on any atom is 0.573 e. The molecule has 2 aliphatic heterocycles. The Morgan fingerprint density at radius 3 is 2.70 bits per heavy atom. The summed E-state index contributed by atoms with van der Waals surface area (Å²) in [6, 6.07) is 7.00.